The van der Waals surface area contributed by atoms with Gasteiger partial charge in [0.05, 0.1) is 6.61 Å². The van der Waals surface area contributed by atoms with Gasteiger partial charge in [-0.3, -0.25) is 0 Å². The smallest absolute Gasteiger partial charge is 0.0513 e. The highest BCUT2D eigenvalue weighted by Gasteiger charge is 2.20. The lowest BCUT2D eigenvalue weighted by Crippen LogP contribution is -2.33. The first-order valence-electron chi connectivity index (χ1n) is 4.74. The first-order valence-corrected chi connectivity index (χ1v) is 4.74. The van der Waals surface area contributed by atoms with E-state index in [1.54, 1.807) is 7.11 Å². The molecule has 2 nitrogen and oxygen atoms in total. The fraction of sp³-hybridized carbons (Fsp3) is 1.00. The van der Waals surface area contributed by atoms with Crippen LogP contribution in [0.5, 0.6) is 0 Å². The molecule has 0 aliphatic heterocycles. The van der Waals surface area contributed by atoms with Gasteiger partial charge in [-0.1, -0.05) is 20.8 Å². The lowest BCUT2D eigenvalue weighted by molar-refractivity contribution is 0.0915. The standard InChI is InChI=1S/C10H23NO/c1-6-11-9(2)7-10(3,4)8-12-5/h9,11H,6-8H2,1-5H3. The fourth-order valence-corrected chi connectivity index (χ4v) is 1.70. The Hall–Kier alpha value is -0.0800. The van der Waals surface area contributed by atoms with Crippen LogP contribution < -0.4 is 5.32 Å². The molecule has 0 bridgehead atoms. The maximum absolute atomic E-state index is 5.16. The highest BCUT2D eigenvalue weighted by molar-refractivity contribution is 4.74. The van der Waals surface area contributed by atoms with Crippen molar-refractivity contribution in [3.8, 4) is 0 Å². The van der Waals surface area contributed by atoms with Gasteiger partial charge < -0.3 is 10.1 Å². The molecule has 0 fully saturated rings. The predicted octanol–water partition coefficient (Wildman–Crippen LogP) is 2.05. The number of hydrogen-bond acceptors (Lipinski definition) is 2. The molecule has 0 radical (unpaired) electrons. The number of hydrogen-bond donors (Lipinski definition) is 1. The van der Waals surface area contributed by atoms with Gasteiger partial charge in [0.25, 0.3) is 0 Å². The van der Waals surface area contributed by atoms with Crippen LogP contribution in [-0.2, 0) is 4.74 Å². The Morgan fingerprint density at radius 1 is 1.42 bits per heavy atom. The number of nitrogens with one attached hydrogen (secondary N) is 1. The summed E-state index contributed by atoms with van der Waals surface area (Å²) in [5.41, 5.74) is 0.288. The van der Waals surface area contributed by atoms with E-state index in [1.807, 2.05) is 0 Å². The van der Waals surface area contributed by atoms with E-state index < -0.39 is 0 Å². The average Bonchev–Trinajstić information content (AvgIpc) is 1.85. The first-order chi connectivity index (χ1) is 5.52. The molecule has 0 aliphatic rings. The number of rotatable bonds is 6. The summed E-state index contributed by atoms with van der Waals surface area (Å²) in [6.07, 6.45) is 1.16. The summed E-state index contributed by atoms with van der Waals surface area (Å²) in [5, 5.41) is 3.40. The van der Waals surface area contributed by atoms with Crippen LogP contribution in [0, 0.1) is 5.41 Å². The fourth-order valence-electron chi connectivity index (χ4n) is 1.70. The van der Waals surface area contributed by atoms with Crippen molar-refractivity contribution in [2.75, 3.05) is 20.3 Å². The molecule has 12 heavy (non-hydrogen) atoms. The van der Waals surface area contributed by atoms with Crippen LogP contribution in [-0.4, -0.2) is 26.3 Å². The van der Waals surface area contributed by atoms with E-state index in [2.05, 4.69) is 33.0 Å². The van der Waals surface area contributed by atoms with Crippen LogP contribution in [0.15, 0.2) is 0 Å². The molecule has 1 N–H and O–H groups in total. The van der Waals surface area contributed by atoms with E-state index in [4.69, 9.17) is 4.74 Å². The van der Waals surface area contributed by atoms with Crippen molar-refractivity contribution in [1.82, 2.24) is 5.32 Å². The highest BCUT2D eigenvalue weighted by Crippen LogP contribution is 2.22. The summed E-state index contributed by atoms with van der Waals surface area (Å²) in [6.45, 7) is 10.7. The summed E-state index contributed by atoms with van der Waals surface area (Å²) in [4.78, 5) is 0. The van der Waals surface area contributed by atoms with E-state index in [9.17, 15) is 0 Å². The van der Waals surface area contributed by atoms with Crippen LogP contribution in [0.25, 0.3) is 0 Å². The Kier molecular flexibility index (Phi) is 5.51. The first kappa shape index (κ1) is 11.9. The zero-order valence-electron chi connectivity index (χ0n) is 9.11. The van der Waals surface area contributed by atoms with Crippen molar-refractivity contribution in [2.45, 2.75) is 40.2 Å². The predicted molar refractivity (Wildman–Crippen MR) is 53.4 cm³/mol. The van der Waals surface area contributed by atoms with Gasteiger partial charge in [-0.25, -0.2) is 0 Å². The van der Waals surface area contributed by atoms with E-state index in [1.165, 1.54) is 0 Å². The zero-order valence-corrected chi connectivity index (χ0v) is 9.11. The van der Waals surface area contributed by atoms with Crippen molar-refractivity contribution in [3.05, 3.63) is 0 Å². The monoisotopic (exact) mass is 173 g/mol. The van der Waals surface area contributed by atoms with Gasteiger partial charge >= 0.3 is 0 Å². The van der Waals surface area contributed by atoms with Gasteiger partial charge in [-0.05, 0) is 25.3 Å². The Labute approximate surface area is 76.7 Å². The van der Waals surface area contributed by atoms with E-state index in [0.29, 0.717) is 6.04 Å². The van der Waals surface area contributed by atoms with Crippen LogP contribution in [0.3, 0.4) is 0 Å². The minimum absolute atomic E-state index is 0.288. The van der Waals surface area contributed by atoms with Gasteiger partial charge in [-0.2, -0.15) is 0 Å². The third kappa shape index (κ3) is 5.56. The molecule has 0 aromatic rings. The molecule has 1 atom stereocenters. The molecule has 0 saturated carbocycles. The molecule has 0 spiro atoms. The molecule has 0 heterocycles. The van der Waals surface area contributed by atoms with Crippen molar-refractivity contribution < 1.29 is 4.74 Å². The molecule has 0 aromatic carbocycles. The second kappa shape index (κ2) is 5.55. The minimum atomic E-state index is 0.288. The van der Waals surface area contributed by atoms with Gasteiger partial charge in [0.1, 0.15) is 0 Å². The lowest BCUT2D eigenvalue weighted by Gasteiger charge is -2.27. The quantitative estimate of drug-likeness (QED) is 0.663. The van der Waals surface area contributed by atoms with Gasteiger partial charge in [0.15, 0.2) is 0 Å². The number of ether oxygens (including phenoxy) is 1. The minimum Gasteiger partial charge on any atom is -0.384 e. The van der Waals surface area contributed by atoms with E-state index in [0.717, 1.165) is 19.6 Å². The Balaban J connectivity index is 3.70. The second-order valence-corrected chi connectivity index (χ2v) is 4.26. The zero-order chi connectivity index (χ0) is 9.61. The van der Waals surface area contributed by atoms with Gasteiger partial charge in [-0.15, -0.1) is 0 Å². The topological polar surface area (TPSA) is 21.3 Å². The molecule has 0 aromatic heterocycles. The van der Waals surface area contributed by atoms with Crippen LogP contribution in [0.2, 0.25) is 0 Å². The second-order valence-electron chi connectivity index (χ2n) is 4.26. The van der Waals surface area contributed by atoms with Crippen LogP contribution >= 0.6 is 0 Å². The van der Waals surface area contributed by atoms with Crippen molar-refractivity contribution in [2.24, 2.45) is 5.41 Å². The Morgan fingerprint density at radius 2 is 2.00 bits per heavy atom. The highest BCUT2D eigenvalue weighted by atomic mass is 16.5. The molecule has 0 aliphatic carbocycles. The Bertz CT molecular complexity index is 112. The summed E-state index contributed by atoms with van der Waals surface area (Å²) in [5.74, 6) is 0. The molecular formula is C10H23NO. The summed E-state index contributed by atoms with van der Waals surface area (Å²) in [7, 11) is 1.76. The molecule has 0 saturated heterocycles. The Morgan fingerprint density at radius 3 is 2.42 bits per heavy atom. The molecule has 0 amide bonds. The molecule has 0 rings (SSSR count). The normalized spacial score (nSPS) is 14.8. The summed E-state index contributed by atoms with van der Waals surface area (Å²) < 4.78 is 5.16. The lowest BCUT2D eigenvalue weighted by atomic mass is 9.87. The molecule has 2 heteroatoms. The van der Waals surface area contributed by atoms with Crippen molar-refractivity contribution in [1.29, 1.82) is 0 Å². The van der Waals surface area contributed by atoms with Gasteiger partial charge in [0.2, 0.25) is 0 Å². The summed E-state index contributed by atoms with van der Waals surface area (Å²) >= 11 is 0. The maximum Gasteiger partial charge on any atom is 0.0513 e. The van der Waals surface area contributed by atoms with E-state index >= 15 is 0 Å². The van der Waals surface area contributed by atoms with Gasteiger partial charge in [0, 0.05) is 13.2 Å². The largest absolute Gasteiger partial charge is 0.384 e. The third-order valence-corrected chi connectivity index (χ3v) is 1.95. The molecular weight excluding hydrogens is 150 g/mol. The molecule has 1 unspecified atom stereocenters. The van der Waals surface area contributed by atoms with Crippen LogP contribution in [0.1, 0.15) is 34.1 Å². The summed E-state index contributed by atoms with van der Waals surface area (Å²) in [6, 6.07) is 0.583. The van der Waals surface area contributed by atoms with Crippen LogP contribution in [0.4, 0.5) is 0 Å². The SMILES string of the molecule is CCNC(C)CC(C)(C)COC. The average molecular weight is 173 g/mol. The van der Waals surface area contributed by atoms with Crippen molar-refractivity contribution >= 4 is 0 Å². The number of methoxy groups -OCH3 is 1. The van der Waals surface area contributed by atoms with Crippen molar-refractivity contribution in [3.63, 3.8) is 0 Å². The maximum atomic E-state index is 5.16. The molecule has 74 valence electrons. The third-order valence-electron chi connectivity index (χ3n) is 1.95. The van der Waals surface area contributed by atoms with E-state index in [-0.39, 0.29) is 5.41 Å².